The highest BCUT2D eigenvalue weighted by molar-refractivity contribution is 5.85. The highest BCUT2D eigenvalue weighted by Crippen LogP contribution is 1.93. The third kappa shape index (κ3) is 2.73. The number of rotatable bonds is 5. The van der Waals surface area contributed by atoms with Crippen molar-refractivity contribution >= 4 is 12.1 Å². The summed E-state index contributed by atoms with van der Waals surface area (Å²) in [5.74, 6) is 0.0922. The van der Waals surface area contributed by atoms with E-state index in [2.05, 4.69) is 5.32 Å². The fourth-order valence-corrected chi connectivity index (χ4v) is 0.753. The highest BCUT2D eigenvalue weighted by atomic mass is 16.1. The molecule has 0 saturated heterocycles. The maximum Gasteiger partial charge on any atom is 0.149 e. The third-order valence-corrected chi connectivity index (χ3v) is 1.42. The molecule has 1 unspecified atom stereocenters. The first-order valence-corrected chi connectivity index (χ1v) is 3.39. The van der Waals surface area contributed by atoms with Crippen LogP contribution in [0.2, 0.25) is 0 Å². The van der Waals surface area contributed by atoms with E-state index in [1.54, 1.807) is 14.0 Å². The Morgan fingerprint density at radius 3 is 2.60 bits per heavy atom. The molecule has 0 aliphatic carbocycles. The molecular formula is C7H13NO2. The topological polar surface area (TPSA) is 46.2 Å². The molecular weight excluding hydrogens is 130 g/mol. The second kappa shape index (κ2) is 5.11. The average Bonchev–Trinajstić information content (AvgIpc) is 1.99. The Morgan fingerprint density at radius 2 is 2.30 bits per heavy atom. The van der Waals surface area contributed by atoms with Crippen molar-refractivity contribution in [1.82, 2.24) is 5.32 Å². The minimum Gasteiger partial charge on any atom is -0.310 e. The number of carbonyl (C=O) groups excluding carboxylic acids is 2. The first-order chi connectivity index (χ1) is 4.76. The van der Waals surface area contributed by atoms with Crippen LogP contribution in [-0.2, 0) is 9.59 Å². The lowest BCUT2D eigenvalue weighted by atomic mass is 10.1. The lowest BCUT2D eigenvalue weighted by molar-refractivity contribution is -0.122. The molecule has 0 saturated carbocycles. The van der Waals surface area contributed by atoms with Gasteiger partial charge in [-0.25, -0.2) is 0 Å². The van der Waals surface area contributed by atoms with E-state index in [0.29, 0.717) is 6.42 Å². The van der Waals surface area contributed by atoms with Gasteiger partial charge >= 0.3 is 0 Å². The number of Topliss-reactive ketones (excluding diaryl/α,β-unsaturated/α-hetero) is 1. The van der Waals surface area contributed by atoms with Gasteiger partial charge in [-0.1, -0.05) is 6.92 Å². The van der Waals surface area contributed by atoms with Crippen molar-refractivity contribution in [2.45, 2.75) is 25.8 Å². The van der Waals surface area contributed by atoms with E-state index < -0.39 is 0 Å². The van der Waals surface area contributed by atoms with Gasteiger partial charge in [0.15, 0.2) is 0 Å². The molecule has 3 heteroatoms. The van der Waals surface area contributed by atoms with E-state index in [-0.39, 0.29) is 18.2 Å². The largest absolute Gasteiger partial charge is 0.310 e. The van der Waals surface area contributed by atoms with Gasteiger partial charge in [0, 0.05) is 12.8 Å². The molecule has 10 heavy (non-hydrogen) atoms. The van der Waals surface area contributed by atoms with Gasteiger partial charge < -0.3 is 10.1 Å². The van der Waals surface area contributed by atoms with Gasteiger partial charge in [-0.2, -0.15) is 0 Å². The zero-order chi connectivity index (χ0) is 7.98. The van der Waals surface area contributed by atoms with Crippen molar-refractivity contribution in [2.75, 3.05) is 7.05 Å². The van der Waals surface area contributed by atoms with Gasteiger partial charge in [-0.15, -0.1) is 0 Å². The van der Waals surface area contributed by atoms with Crippen molar-refractivity contribution in [3.05, 3.63) is 0 Å². The molecule has 1 atom stereocenters. The molecule has 0 amide bonds. The average molecular weight is 143 g/mol. The molecule has 0 aromatic heterocycles. The van der Waals surface area contributed by atoms with E-state index in [0.717, 1.165) is 6.29 Å². The Balaban J connectivity index is 3.79. The number of hydrogen-bond donors (Lipinski definition) is 1. The SMILES string of the molecule is CCC(=O)C(CC=O)NC. The molecule has 0 aliphatic heterocycles. The maximum absolute atomic E-state index is 10.9. The number of hydrogen-bond acceptors (Lipinski definition) is 3. The van der Waals surface area contributed by atoms with Crippen molar-refractivity contribution in [3.8, 4) is 0 Å². The van der Waals surface area contributed by atoms with Crippen molar-refractivity contribution in [3.63, 3.8) is 0 Å². The van der Waals surface area contributed by atoms with Gasteiger partial charge in [0.1, 0.15) is 12.1 Å². The molecule has 0 radical (unpaired) electrons. The molecule has 0 heterocycles. The Bertz CT molecular complexity index is 123. The number of carbonyl (C=O) groups is 2. The number of likely N-dealkylation sites (N-methyl/N-ethyl adjacent to an activating group) is 1. The molecule has 0 aromatic carbocycles. The second-order valence-corrected chi connectivity index (χ2v) is 2.06. The van der Waals surface area contributed by atoms with Crippen LogP contribution in [0.3, 0.4) is 0 Å². The highest BCUT2D eigenvalue weighted by Gasteiger charge is 2.12. The number of aldehydes is 1. The number of nitrogens with one attached hydrogen (secondary N) is 1. The fourth-order valence-electron chi connectivity index (χ4n) is 0.753. The van der Waals surface area contributed by atoms with E-state index in [1.807, 2.05) is 0 Å². The summed E-state index contributed by atoms with van der Waals surface area (Å²) in [5.41, 5.74) is 0. The van der Waals surface area contributed by atoms with Crippen LogP contribution in [0.1, 0.15) is 19.8 Å². The molecule has 0 aliphatic rings. The molecule has 1 N–H and O–H groups in total. The summed E-state index contributed by atoms with van der Waals surface area (Å²) in [6, 6.07) is -0.275. The Kier molecular flexibility index (Phi) is 4.76. The van der Waals surface area contributed by atoms with Crippen LogP contribution in [0.5, 0.6) is 0 Å². The molecule has 0 spiro atoms. The summed E-state index contributed by atoms with van der Waals surface area (Å²) in [4.78, 5) is 20.9. The van der Waals surface area contributed by atoms with Crippen LogP contribution in [-0.4, -0.2) is 25.2 Å². The lowest BCUT2D eigenvalue weighted by Gasteiger charge is -2.08. The minimum absolute atomic E-state index is 0.0922. The van der Waals surface area contributed by atoms with E-state index >= 15 is 0 Å². The molecule has 0 rings (SSSR count). The van der Waals surface area contributed by atoms with Crippen molar-refractivity contribution < 1.29 is 9.59 Å². The van der Waals surface area contributed by atoms with Gasteiger partial charge in [-0.05, 0) is 7.05 Å². The Hall–Kier alpha value is -0.700. The van der Waals surface area contributed by atoms with E-state index in [4.69, 9.17) is 0 Å². The van der Waals surface area contributed by atoms with Crippen molar-refractivity contribution in [2.24, 2.45) is 0 Å². The lowest BCUT2D eigenvalue weighted by Crippen LogP contribution is -2.33. The predicted molar refractivity (Wildman–Crippen MR) is 38.8 cm³/mol. The number of ketones is 1. The quantitative estimate of drug-likeness (QED) is 0.557. The summed E-state index contributed by atoms with van der Waals surface area (Å²) in [7, 11) is 1.68. The van der Waals surface area contributed by atoms with Gasteiger partial charge in [0.2, 0.25) is 0 Å². The third-order valence-electron chi connectivity index (χ3n) is 1.42. The zero-order valence-corrected chi connectivity index (χ0v) is 6.39. The minimum atomic E-state index is -0.275. The maximum atomic E-state index is 10.9. The van der Waals surface area contributed by atoms with Gasteiger partial charge in [0.25, 0.3) is 0 Å². The van der Waals surface area contributed by atoms with Crippen molar-refractivity contribution in [1.29, 1.82) is 0 Å². The Morgan fingerprint density at radius 1 is 1.70 bits per heavy atom. The first-order valence-electron chi connectivity index (χ1n) is 3.39. The summed E-state index contributed by atoms with van der Waals surface area (Å²) < 4.78 is 0. The first kappa shape index (κ1) is 9.30. The van der Waals surface area contributed by atoms with Crippen LogP contribution >= 0.6 is 0 Å². The fraction of sp³-hybridized carbons (Fsp3) is 0.714. The van der Waals surface area contributed by atoms with Gasteiger partial charge in [-0.3, -0.25) is 4.79 Å². The summed E-state index contributed by atoms with van der Waals surface area (Å²) in [6.45, 7) is 1.79. The molecule has 0 fully saturated rings. The second-order valence-electron chi connectivity index (χ2n) is 2.06. The summed E-state index contributed by atoms with van der Waals surface area (Å²) in [6.07, 6.45) is 1.53. The van der Waals surface area contributed by atoms with Crippen LogP contribution < -0.4 is 5.32 Å². The van der Waals surface area contributed by atoms with E-state index in [1.165, 1.54) is 0 Å². The molecule has 0 bridgehead atoms. The normalized spacial score (nSPS) is 12.6. The zero-order valence-electron chi connectivity index (χ0n) is 6.39. The molecule has 0 aromatic rings. The predicted octanol–water partition coefficient (Wildman–Crippen LogP) is 0.142. The molecule has 58 valence electrons. The standard InChI is InChI=1S/C7H13NO2/c1-3-7(10)6(8-2)4-5-9/h5-6,8H,3-4H2,1-2H3. The van der Waals surface area contributed by atoms with Crippen LogP contribution in [0.4, 0.5) is 0 Å². The Labute approximate surface area is 60.8 Å². The monoisotopic (exact) mass is 143 g/mol. The van der Waals surface area contributed by atoms with Crippen LogP contribution in [0.15, 0.2) is 0 Å². The summed E-state index contributed by atoms with van der Waals surface area (Å²) in [5, 5.41) is 2.77. The van der Waals surface area contributed by atoms with E-state index in [9.17, 15) is 9.59 Å². The molecule has 3 nitrogen and oxygen atoms in total. The summed E-state index contributed by atoms with van der Waals surface area (Å²) >= 11 is 0. The van der Waals surface area contributed by atoms with Crippen LogP contribution in [0.25, 0.3) is 0 Å². The van der Waals surface area contributed by atoms with Crippen LogP contribution in [0, 0.1) is 0 Å². The smallest absolute Gasteiger partial charge is 0.149 e. The van der Waals surface area contributed by atoms with Gasteiger partial charge in [0.05, 0.1) is 6.04 Å².